The van der Waals surface area contributed by atoms with Crippen LogP contribution in [-0.2, 0) is 15.9 Å². The second-order valence-electron chi connectivity index (χ2n) is 5.54. The smallest absolute Gasteiger partial charge is 0.207 e. The van der Waals surface area contributed by atoms with Gasteiger partial charge in [0.1, 0.15) is 0 Å². The third-order valence-corrected chi connectivity index (χ3v) is 6.45. The summed E-state index contributed by atoms with van der Waals surface area (Å²) in [5, 5.41) is 0.500. The molecule has 1 heterocycles. The summed E-state index contributed by atoms with van der Waals surface area (Å²) in [4.78, 5) is 0.280. The molecule has 1 aliphatic rings. The molecule has 1 aromatic rings. The number of halogens is 2. The highest BCUT2D eigenvalue weighted by molar-refractivity contribution is 7.89. The summed E-state index contributed by atoms with van der Waals surface area (Å²) in [6, 6.07) is 4.73. The summed E-state index contributed by atoms with van der Waals surface area (Å²) < 4.78 is 26.8. The first kappa shape index (κ1) is 16.1. The Morgan fingerprint density at radius 2 is 2.10 bits per heavy atom. The highest BCUT2D eigenvalue weighted by Crippen LogP contribution is 2.30. The normalized spacial score (nSPS) is 20.8. The Morgan fingerprint density at radius 3 is 2.65 bits per heavy atom. The van der Waals surface area contributed by atoms with Gasteiger partial charge in [0.2, 0.25) is 10.0 Å². The molecule has 20 heavy (non-hydrogen) atoms. The molecular formula is C14H19Cl2NO2S. The van der Waals surface area contributed by atoms with Crippen LogP contribution in [-0.4, -0.2) is 25.8 Å². The summed E-state index contributed by atoms with van der Waals surface area (Å²) in [7, 11) is -3.44. The van der Waals surface area contributed by atoms with E-state index in [0.717, 1.165) is 6.42 Å². The van der Waals surface area contributed by atoms with Gasteiger partial charge in [0.05, 0.1) is 4.90 Å². The Bertz CT molecular complexity index is 587. The van der Waals surface area contributed by atoms with E-state index >= 15 is 0 Å². The maximum atomic E-state index is 12.6. The van der Waals surface area contributed by atoms with Crippen LogP contribution in [0.4, 0.5) is 0 Å². The number of benzene rings is 1. The van der Waals surface area contributed by atoms with Crippen LogP contribution in [0.5, 0.6) is 0 Å². The minimum Gasteiger partial charge on any atom is -0.207 e. The first-order valence-electron chi connectivity index (χ1n) is 6.70. The quantitative estimate of drug-likeness (QED) is 0.786. The van der Waals surface area contributed by atoms with Gasteiger partial charge in [-0.3, -0.25) is 0 Å². The van der Waals surface area contributed by atoms with Gasteiger partial charge >= 0.3 is 0 Å². The summed E-state index contributed by atoms with van der Waals surface area (Å²) >= 11 is 11.8. The topological polar surface area (TPSA) is 37.4 Å². The number of hydrogen-bond donors (Lipinski definition) is 0. The standard InChI is InChI=1S/C14H19Cl2NO2S/c1-10(2)11-5-6-17(9-11)20(18,19)13-3-4-14(16)12(7-13)8-15/h3-4,7,10-11H,5-6,8-9H2,1-2H3. The molecule has 0 radical (unpaired) electrons. The molecule has 0 aromatic heterocycles. The van der Waals surface area contributed by atoms with E-state index in [1.807, 2.05) is 0 Å². The van der Waals surface area contributed by atoms with Gasteiger partial charge in [0, 0.05) is 24.0 Å². The average molecular weight is 336 g/mol. The van der Waals surface area contributed by atoms with E-state index < -0.39 is 10.0 Å². The minimum atomic E-state index is -3.44. The molecule has 1 saturated heterocycles. The Hall–Kier alpha value is -0.290. The minimum absolute atomic E-state index is 0.205. The third-order valence-electron chi connectivity index (χ3n) is 3.93. The molecule has 0 N–H and O–H groups in total. The van der Waals surface area contributed by atoms with Gasteiger partial charge in [0.15, 0.2) is 0 Å². The second-order valence-corrected chi connectivity index (χ2v) is 8.16. The molecule has 1 fully saturated rings. The van der Waals surface area contributed by atoms with Crippen LogP contribution in [0.1, 0.15) is 25.8 Å². The molecule has 112 valence electrons. The average Bonchev–Trinajstić information content (AvgIpc) is 2.89. The predicted octanol–water partition coefficient (Wildman–Crippen LogP) is 3.75. The Balaban J connectivity index is 2.27. The lowest BCUT2D eigenvalue weighted by Gasteiger charge is -2.18. The van der Waals surface area contributed by atoms with Crippen molar-refractivity contribution in [3.63, 3.8) is 0 Å². The Labute approximate surface area is 130 Å². The number of sulfonamides is 1. The van der Waals surface area contributed by atoms with Crippen molar-refractivity contribution in [2.24, 2.45) is 11.8 Å². The van der Waals surface area contributed by atoms with Crippen molar-refractivity contribution in [3.8, 4) is 0 Å². The Morgan fingerprint density at radius 1 is 1.40 bits per heavy atom. The molecule has 0 aliphatic carbocycles. The lowest BCUT2D eigenvalue weighted by atomic mass is 9.96. The summed E-state index contributed by atoms with van der Waals surface area (Å²) in [6.45, 7) is 5.45. The molecular weight excluding hydrogens is 317 g/mol. The van der Waals surface area contributed by atoms with E-state index in [4.69, 9.17) is 23.2 Å². The molecule has 1 atom stereocenters. The number of hydrogen-bond acceptors (Lipinski definition) is 2. The molecule has 0 spiro atoms. The van der Waals surface area contributed by atoms with Gasteiger partial charge in [-0.25, -0.2) is 8.42 Å². The molecule has 0 amide bonds. The van der Waals surface area contributed by atoms with Crippen LogP contribution in [0.25, 0.3) is 0 Å². The molecule has 0 bridgehead atoms. The zero-order chi connectivity index (χ0) is 14.9. The molecule has 3 nitrogen and oxygen atoms in total. The van der Waals surface area contributed by atoms with Crippen LogP contribution in [0.2, 0.25) is 5.02 Å². The maximum Gasteiger partial charge on any atom is 0.243 e. The summed E-state index contributed by atoms with van der Waals surface area (Å²) in [5.41, 5.74) is 0.647. The van der Waals surface area contributed by atoms with Crippen molar-refractivity contribution in [3.05, 3.63) is 28.8 Å². The fourth-order valence-electron chi connectivity index (χ4n) is 2.48. The van der Waals surface area contributed by atoms with Gasteiger partial charge in [0.25, 0.3) is 0 Å². The highest BCUT2D eigenvalue weighted by atomic mass is 35.5. The van der Waals surface area contributed by atoms with Crippen LogP contribution >= 0.6 is 23.2 Å². The number of alkyl halides is 1. The number of rotatable bonds is 4. The molecule has 1 aliphatic heterocycles. The first-order chi connectivity index (χ1) is 9.36. The fraction of sp³-hybridized carbons (Fsp3) is 0.571. The maximum absolute atomic E-state index is 12.6. The van der Waals surface area contributed by atoms with Crippen LogP contribution < -0.4 is 0 Å². The van der Waals surface area contributed by atoms with Crippen molar-refractivity contribution < 1.29 is 8.42 Å². The van der Waals surface area contributed by atoms with E-state index in [2.05, 4.69) is 13.8 Å². The predicted molar refractivity (Wildman–Crippen MR) is 82.7 cm³/mol. The zero-order valence-electron chi connectivity index (χ0n) is 11.6. The fourth-order valence-corrected chi connectivity index (χ4v) is 4.52. The van der Waals surface area contributed by atoms with Crippen molar-refractivity contribution in [2.75, 3.05) is 13.1 Å². The molecule has 1 aromatic carbocycles. The molecule has 6 heteroatoms. The van der Waals surface area contributed by atoms with Gasteiger partial charge in [-0.05, 0) is 42.0 Å². The van der Waals surface area contributed by atoms with E-state index in [1.54, 1.807) is 22.5 Å². The van der Waals surface area contributed by atoms with Crippen molar-refractivity contribution in [2.45, 2.75) is 31.0 Å². The summed E-state index contributed by atoms with van der Waals surface area (Å²) in [6.07, 6.45) is 0.923. The van der Waals surface area contributed by atoms with Gasteiger partial charge in [-0.15, -0.1) is 11.6 Å². The highest BCUT2D eigenvalue weighted by Gasteiger charge is 2.33. The monoisotopic (exact) mass is 335 g/mol. The van der Waals surface area contributed by atoms with Crippen molar-refractivity contribution >= 4 is 33.2 Å². The lowest BCUT2D eigenvalue weighted by Crippen LogP contribution is -2.29. The molecule has 2 rings (SSSR count). The molecule has 1 unspecified atom stereocenters. The van der Waals surface area contributed by atoms with E-state index in [9.17, 15) is 8.42 Å². The second kappa shape index (κ2) is 6.22. The van der Waals surface area contributed by atoms with Crippen LogP contribution in [0.15, 0.2) is 23.1 Å². The van der Waals surface area contributed by atoms with E-state index in [1.165, 1.54) is 0 Å². The van der Waals surface area contributed by atoms with Gasteiger partial charge in [-0.1, -0.05) is 25.4 Å². The zero-order valence-corrected chi connectivity index (χ0v) is 14.0. The van der Waals surface area contributed by atoms with Crippen LogP contribution in [0, 0.1) is 11.8 Å². The Kier molecular flexibility index (Phi) is 5.00. The lowest BCUT2D eigenvalue weighted by molar-refractivity contribution is 0.388. The summed E-state index contributed by atoms with van der Waals surface area (Å²) in [5.74, 6) is 1.14. The molecule has 0 saturated carbocycles. The van der Waals surface area contributed by atoms with Crippen molar-refractivity contribution in [1.82, 2.24) is 4.31 Å². The van der Waals surface area contributed by atoms with Crippen LogP contribution in [0.3, 0.4) is 0 Å². The number of nitrogens with zero attached hydrogens (tertiary/aromatic N) is 1. The van der Waals surface area contributed by atoms with Gasteiger partial charge in [-0.2, -0.15) is 4.31 Å². The van der Waals surface area contributed by atoms with Crippen molar-refractivity contribution in [1.29, 1.82) is 0 Å². The SMILES string of the molecule is CC(C)C1CCN(S(=O)(=O)c2ccc(Cl)c(CCl)c2)C1. The van der Waals surface area contributed by atoms with E-state index in [0.29, 0.717) is 35.5 Å². The third kappa shape index (κ3) is 3.14. The first-order valence-corrected chi connectivity index (χ1v) is 9.06. The largest absolute Gasteiger partial charge is 0.243 e. The van der Waals surface area contributed by atoms with Gasteiger partial charge < -0.3 is 0 Å². The van der Waals surface area contributed by atoms with E-state index in [-0.39, 0.29) is 10.8 Å².